The Labute approximate surface area is 87.1 Å². The topological polar surface area (TPSA) is 40.5 Å². The van der Waals surface area contributed by atoms with Gasteiger partial charge in [-0.2, -0.15) is 0 Å². The van der Waals surface area contributed by atoms with E-state index in [1.54, 1.807) is 0 Å². The molecule has 1 N–H and O–H groups in total. The summed E-state index contributed by atoms with van der Waals surface area (Å²) < 4.78 is 0. The Bertz CT molecular complexity index is 171. The van der Waals surface area contributed by atoms with Gasteiger partial charge in [0.1, 0.15) is 6.04 Å². The van der Waals surface area contributed by atoms with Crippen molar-refractivity contribution in [2.45, 2.75) is 46.1 Å². The highest BCUT2D eigenvalue weighted by atomic mass is 16.4. The molecule has 84 valence electrons. The Morgan fingerprint density at radius 2 is 2.00 bits per heavy atom. The summed E-state index contributed by atoms with van der Waals surface area (Å²) in [4.78, 5) is 12.9. The van der Waals surface area contributed by atoms with Gasteiger partial charge in [0.2, 0.25) is 0 Å². The zero-order valence-corrected chi connectivity index (χ0v) is 9.79. The van der Waals surface area contributed by atoms with Crippen LogP contribution in [0.5, 0.6) is 0 Å². The van der Waals surface area contributed by atoms with Crippen LogP contribution in [0.1, 0.15) is 40.0 Å². The van der Waals surface area contributed by atoms with Crippen molar-refractivity contribution in [2.24, 2.45) is 5.92 Å². The van der Waals surface area contributed by atoms with Gasteiger partial charge in [-0.1, -0.05) is 33.6 Å². The molecule has 0 bridgehead atoms. The molecule has 0 saturated heterocycles. The van der Waals surface area contributed by atoms with Crippen LogP contribution >= 0.6 is 0 Å². The first-order chi connectivity index (χ1) is 6.52. The smallest absolute Gasteiger partial charge is 0.320 e. The second kappa shape index (κ2) is 6.82. The number of carboxylic acid groups (broad SMARTS) is 1. The number of rotatable bonds is 7. The highest BCUT2D eigenvalue weighted by Gasteiger charge is 2.22. The van der Waals surface area contributed by atoms with Crippen molar-refractivity contribution in [3.63, 3.8) is 0 Å². The molecule has 0 heterocycles. The Morgan fingerprint density at radius 1 is 1.43 bits per heavy atom. The molecule has 3 heteroatoms. The minimum absolute atomic E-state index is 0.311. The molecule has 0 saturated carbocycles. The van der Waals surface area contributed by atoms with Crippen LogP contribution < -0.4 is 0 Å². The van der Waals surface area contributed by atoms with Crippen molar-refractivity contribution >= 4 is 5.97 Å². The van der Waals surface area contributed by atoms with Gasteiger partial charge in [-0.25, -0.2) is 0 Å². The van der Waals surface area contributed by atoms with E-state index in [9.17, 15) is 4.79 Å². The molecule has 0 aromatic rings. The minimum atomic E-state index is -0.697. The first-order valence-electron chi connectivity index (χ1n) is 5.45. The van der Waals surface area contributed by atoms with E-state index in [-0.39, 0.29) is 6.04 Å². The van der Waals surface area contributed by atoms with Crippen LogP contribution in [0.25, 0.3) is 0 Å². The van der Waals surface area contributed by atoms with Crippen LogP contribution in [0.15, 0.2) is 0 Å². The SMILES string of the molecule is CCCC(C(=O)O)N(C)CC(C)CC. The van der Waals surface area contributed by atoms with Gasteiger partial charge in [0, 0.05) is 6.54 Å². The Hall–Kier alpha value is -0.570. The molecule has 3 nitrogen and oxygen atoms in total. The number of hydrogen-bond acceptors (Lipinski definition) is 2. The molecule has 0 spiro atoms. The van der Waals surface area contributed by atoms with Crippen molar-refractivity contribution in [3.05, 3.63) is 0 Å². The number of aliphatic carboxylic acids is 1. The maximum absolute atomic E-state index is 11.0. The lowest BCUT2D eigenvalue weighted by Crippen LogP contribution is -2.40. The number of carboxylic acids is 1. The number of carbonyl (C=O) groups is 1. The predicted octanol–water partition coefficient (Wildman–Crippen LogP) is 2.22. The lowest BCUT2D eigenvalue weighted by molar-refractivity contribution is -0.143. The molecule has 2 unspecified atom stereocenters. The fourth-order valence-corrected chi connectivity index (χ4v) is 1.55. The Morgan fingerprint density at radius 3 is 2.36 bits per heavy atom. The van der Waals surface area contributed by atoms with E-state index in [0.717, 1.165) is 25.8 Å². The summed E-state index contributed by atoms with van der Waals surface area (Å²) in [5.41, 5.74) is 0. The Balaban J connectivity index is 4.14. The number of nitrogens with zero attached hydrogens (tertiary/aromatic N) is 1. The summed E-state index contributed by atoms with van der Waals surface area (Å²) in [5.74, 6) is -0.128. The molecule has 0 amide bonds. The van der Waals surface area contributed by atoms with Gasteiger partial charge < -0.3 is 5.11 Å². The van der Waals surface area contributed by atoms with Crippen LogP contribution in [-0.4, -0.2) is 35.6 Å². The van der Waals surface area contributed by atoms with Crippen molar-refractivity contribution < 1.29 is 9.90 Å². The van der Waals surface area contributed by atoms with Gasteiger partial charge in [-0.3, -0.25) is 9.69 Å². The molecule has 0 aromatic carbocycles. The standard InChI is InChI=1S/C11H23NO2/c1-5-7-10(11(13)14)12(4)8-9(3)6-2/h9-10H,5-8H2,1-4H3,(H,13,14). The lowest BCUT2D eigenvalue weighted by Gasteiger charge is -2.26. The Kier molecular flexibility index (Phi) is 6.54. The number of hydrogen-bond donors (Lipinski definition) is 1. The van der Waals surface area contributed by atoms with E-state index in [4.69, 9.17) is 5.11 Å². The normalized spacial score (nSPS) is 15.5. The van der Waals surface area contributed by atoms with Crippen LogP contribution in [0.4, 0.5) is 0 Å². The molecule has 0 fully saturated rings. The quantitative estimate of drug-likeness (QED) is 0.686. The summed E-state index contributed by atoms with van der Waals surface area (Å²) in [6, 6.07) is -0.311. The van der Waals surface area contributed by atoms with Crippen molar-refractivity contribution in [1.82, 2.24) is 4.90 Å². The van der Waals surface area contributed by atoms with Crippen LogP contribution in [0.3, 0.4) is 0 Å². The van der Waals surface area contributed by atoms with E-state index < -0.39 is 5.97 Å². The van der Waals surface area contributed by atoms with Gasteiger partial charge in [-0.15, -0.1) is 0 Å². The highest BCUT2D eigenvalue weighted by molar-refractivity contribution is 5.73. The highest BCUT2D eigenvalue weighted by Crippen LogP contribution is 2.10. The maximum Gasteiger partial charge on any atom is 0.320 e. The zero-order valence-electron chi connectivity index (χ0n) is 9.79. The average molecular weight is 201 g/mol. The molecular weight excluding hydrogens is 178 g/mol. The van der Waals surface area contributed by atoms with Crippen LogP contribution in [-0.2, 0) is 4.79 Å². The summed E-state index contributed by atoms with van der Waals surface area (Å²) in [5, 5.41) is 9.02. The molecule has 0 radical (unpaired) electrons. The van der Waals surface area contributed by atoms with Gasteiger partial charge in [0.25, 0.3) is 0 Å². The average Bonchev–Trinajstić information content (AvgIpc) is 2.13. The number of likely N-dealkylation sites (N-methyl/N-ethyl adjacent to an activating group) is 1. The summed E-state index contributed by atoms with van der Waals surface area (Å²) in [6.45, 7) is 7.18. The third kappa shape index (κ3) is 4.61. The second-order valence-electron chi connectivity index (χ2n) is 4.10. The van der Waals surface area contributed by atoms with Gasteiger partial charge in [0.15, 0.2) is 0 Å². The van der Waals surface area contributed by atoms with E-state index >= 15 is 0 Å². The summed E-state index contributed by atoms with van der Waals surface area (Å²) >= 11 is 0. The van der Waals surface area contributed by atoms with Crippen molar-refractivity contribution in [2.75, 3.05) is 13.6 Å². The van der Waals surface area contributed by atoms with E-state index in [0.29, 0.717) is 5.92 Å². The molecule has 0 aliphatic carbocycles. The molecule has 0 aromatic heterocycles. The fraction of sp³-hybridized carbons (Fsp3) is 0.909. The van der Waals surface area contributed by atoms with Crippen LogP contribution in [0, 0.1) is 5.92 Å². The first-order valence-corrected chi connectivity index (χ1v) is 5.45. The molecule has 14 heavy (non-hydrogen) atoms. The predicted molar refractivity (Wildman–Crippen MR) is 58.4 cm³/mol. The monoisotopic (exact) mass is 201 g/mol. The van der Waals surface area contributed by atoms with E-state index in [2.05, 4.69) is 13.8 Å². The fourth-order valence-electron chi connectivity index (χ4n) is 1.55. The summed E-state index contributed by atoms with van der Waals surface area (Å²) in [6.07, 6.45) is 2.76. The van der Waals surface area contributed by atoms with E-state index in [1.807, 2.05) is 18.9 Å². The van der Waals surface area contributed by atoms with E-state index in [1.165, 1.54) is 0 Å². The van der Waals surface area contributed by atoms with Gasteiger partial charge in [-0.05, 0) is 19.4 Å². The summed E-state index contributed by atoms with van der Waals surface area (Å²) in [7, 11) is 1.90. The third-order valence-electron chi connectivity index (χ3n) is 2.68. The molecule has 0 rings (SSSR count). The first kappa shape index (κ1) is 13.4. The molecule has 0 aliphatic heterocycles. The van der Waals surface area contributed by atoms with Crippen LogP contribution in [0.2, 0.25) is 0 Å². The lowest BCUT2D eigenvalue weighted by atomic mass is 10.1. The third-order valence-corrected chi connectivity index (χ3v) is 2.68. The van der Waals surface area contributed by atoms with Crippen molar-refractivity contribution in [3.8, 4) is 0 Å². The maximum atomic E-state index is 11.0. The molecule has 0 aliphatic rings. The molecule has 2 atom stereocenters. The van der Waals surface area contributed by atoms with Gasteiger partial charge in [0.05, 0.1) is 0 Å². The molecular formula is C11H23NO2. The van der Waals surface area contributed by atoms with Gasteiger partial charge >= 0.3 is 5.97 Å². The van der Waals surface area contributed by atoms with Crippen molar-refractivity contribution in [1.29, 1.82) is 0 Å². The largest absolute Gasteiger partial charge is 0.480 e. The second-order valence-corrected chi connectivity index (χ2v) is 4.10. The minimum Gasteiger partial charge on any atom is -0.480 e. The zero-order chi connectivity index (χ0) is 11.1.